The summed E-state index contributed by atoms with van der Waals surface area (Å²) in [4.78, 5) is 2.41. The highest BCUT2D eigenvalue weighted by Crippen LogP contribution is 2.50. The predicted molar refractivity (Wildman–Crippen MR) is 122 cm³/mol. The molecule has 0 aromatic heterocycles. The molecule has 1 unspecified atom stereocenters. The van der Waals surface area contributed by atoms with E-state index < -0.39 is 0 Å². The molecule has 1 fully saturated rings. The Hall–Kier alpha value is -2.11. The summed E-state index contributed by atoms with van der Waals surface area (Å²) >= 11 is 0. The van der Waals surface area contributed by atoms with Crippen LogP contribution >= 0.6 is 0 Å². The molecular weight excluding hydrogens is 352 g/mol. The summed E-state index contributed by atoms with van der Waals surface area (Å²) in [6.45, 7) is 8.83. The molecule has 1 aliphatic carbocycles. The molecular formula is C27H36N2. The molecule has 0 bridgehead atoms. The van der Waals surface area contributed by atoms with Gasteiger partial charge in [-0.05, 0) is 73.7 Å². The highest BCUT2D eigenvalue weighted by atomic mass is 15.1. The molecule has 29 heavy (non-hydrogen) atoms. The summed E-state index contributed by atoms with van der Waals surface area (Å²) < 4.78 is 0. The molecule has 154 valence electrons. The van der Waals surface area contributed by atoms with Crippen LogP contribution < -0.4 is 0 Å². The third-order valence-corrected chi connectivity index (χ3v) is 6.48. The summed E-state index contributed by atoms with van der Waals surface area (Å²) in [5.41, 5.74) is 3.79. The fourth-order valence-electron chi connectivity index (χ4n) is 4.34. The minimum Gasteiger partial charge on any atom is -0.306 e. The van der Waals surface area contributed by atoms with Crippen molar-refractivity contribution in [1.29, 1.82) is 5.26 Å². The van der Waals surface area contributed by atoms with Crippen LogP contribution in [0.1, 0.15) is 63.1 Å². The van der Waals surface area contributed by atoms with Gasteiger partial charge < -0.3 is 4.90 Å². The Balaban J connectivity index is 1.60. The maximum atomic E-state index is 10.2. The van der Waals surface area contributed by atoms with Crippen LogP contribution in [0.4, 0.5) is 0 Å². The van der Waals surface area contributed by atoms with E-state index in [-0.39, 0.29) is 10.8 Å². The normalized spacial score (nSPS) is 16.4. The molecule has 0 N–H and O–H groups in total. The number of hydrogen-bond donors (Lipinski definition) is 0. The van der Waals surface area contributed by atoms with E-state index in [1.165, 1.54) is 29.5 Å². The lowest BCUT2D eigenvalue weighted by Crippen LogP contribution is -2.30. The van der Waals surface area contributed by atoms with Crippen LogP contribution in [0.5, 0.6) is 0 Å². The molecule has 3 rings (SSSR count). The Bertz CT molecular complexity index is 806. The first-order valence-electron chi connectivity index (χ1n) is 11.1. The fraction of sp³-hybridized carbons (Fsp3) is 0.519. The van der Waals surface area contributed by atoms with E-state index in [4.69, 9.17) is 0 Å². The van der Waals surface area contributed by atoms with Crippen molar-refractivity contribution in [2.75, 3.05) is 20.1 Å². The number of likely N-dealkylation sites (N-methyl/N-ethyl adjacent to an activating group) is 1. The average Bonchev–Trinajstić information content (AvgIpc) is 3.56. The number of benzene rings is 2. The lowest BCUT2D eigenvalue weighted by molar-refractivity contribution is 0.308. The molecule has 2 aromatic rings. The van der Waals surface area contributed by atoms with Crippen LogP contribution in [-0.4, -0.2) is 25.0 Å². The van der Waals surface area contributed by atoms with Crippen LogP contribution in [0.15, 0.2) is 54.6 Å². The van der Waals surface area contributed by atoms with E-state index in [1.54, 1.807) is 0 Å². The van der Waals surface area contributed by atoms with Gasteiger partial charge in [-0.3, -0.25) is 0 Å². The molecule has 2 heteroatoms. The summed E-state index contributed by atoms with van der Waals surface area (Å²) in [7, 11) is 2.20. The molecule has 1 saturated carbocycles. The summed E-state index contributed by atoms with van der Waals surface area (Å²) in [6, 6.07) is 22.4. The number of hydrogen-bond acceptors (Lipinski definition) is 2. The van der Waals surface area contributed by atoms with Gasteiger partial charge in [-0.25, -0.2) is 0 Å². The molecule has 0 spiro atoms. The molecule has 2 nitrogen and oxygen atoms in total. The number of nitrogens with zero attached hydrogens (tertiary/aromatic N) is 2. The predicted octanol–water partition coefficient (Wildman–Crippen LogP) is 6.11. The molecule has 1 aliphatic rings. The fourth-order valence-corrected chi connectivity index (χ4v) is 4.34. The lowest BCUT2D eigenvalue weighted by atomic mass is 9.73. The van der Waals surface area contributed by atoms with E-state index in [0.29, 0.717) is 5.92 Å². The SMILES string of the molecule is CN(CCCC(C#N)(c1ccc(C(C)(C)C)cc1)C1CC1)CCc1ccccc1. The topological polar surface area (TPSA) is 27.0 Å². The van der Waals surface area contributed by atoms with Crippen LogP contribution in [-0.2, 0) is 17.3 Å². The van der Waals surface area contributed by atoms with Crippen molar-refractivity contribution >= 4 is 0 Å². The third-order valence-electron chi connectivity index (χ3n) is 6.48. The van der Waals surface area contributed by atoms with Gasteiger partial charge in [0.25, 0.3) is 0 Å². The second-order valence-corrected chi connectivity index (χ2v) is 9.83. The molecule has 2 aromatic carbocycles. The smallest absolute Gasteiger partial charge is 0.0850 e. The largest absolute Gasteiger partial charge is 0.306 e. The highest BCUT2D eigenvalue weighted by Gasteiger charge is 2.46. The molecule has 0 radical (unpaired) electrons. The Labute approximate surface area is 177 Å². The van der Waals surface area contributed by atoms with Gasteiger partial charge in [-0.15, -0.1) is 0 Å². The van der Waals surface area contributed by atoms with Gasteiger partial charge in [-0.2, -0.15) is 5.26 Å². The number of nitriles is 1. The van der Waals surface area contributed by atoms with Crippen molar-refractivity contribution in [3.05, 3.63) is 71.3 Å². The molecule has 1 atom stereocenters. The van der Waals surface area contributed by atoms with Gasteiger partial charge >= 0.3 is 0 Å². The van der Waals surface area contributed by atoms with Crippen molar-refractivity contribution in [2.45, 2.75) is 63.7 Å². The van der Waals surface area contributed by atoms with Gasteiger partial charge in [-0.1, -0.05) is 75.4 Å². The Morgan fingerprint density at radius 3 is 2.10 bits per heavy atom. The summed E-state index contributed by atoms with van der Waals surface area (Å²) in [6.07, 6.45) is 5.49. The second kappa shape index (κ2) is 9.14. The third kappa shape index (κ3) is 5.49. The standard InChI is InChI=1S/C27H36N2/c1-26(2,3)23-11-13-24(14-12-23)27(21-28,25-15-16-25)18-8-19-29(4)20-17-22-9-6-5-7-10-22/h5-7,9-14,25H,8,15-20H2,1-4H3. The maximum absolute atomic E-state index is 10.2. The van der Waals surface area contributed by atoms with Crippen LogP contribution in [0.3, 0.4) is 0 Å². The van der Waals surface area contributed by atoms with Crippen molar-refractivity contribution in [3.63, 3.8) is 0 Å². The van der Waals surface area contributed by atoms with Crippen LogP contribution in [0.2, 0.25) is 0 Å². The van der Waals surface area contributed by atoms with Crippen molar-refractivity contribution in [3.8, 4) is 6.07 Å². The monoisotopic (exact) mass is 388 g/mol. The molecule has 0 aliphatic heterocycles. The Kier molecular flexibility index (Phi) is 6.81. The van der Waals surface area contributed by atoms with E-state index >= 15 is 0 Å². The average molecular weight is 389 g/mol. The van der Waals surface area contributed by atoms with Crippen molar-refractivity contribution in [1.82, 2.24) is 4.90 Å². The Morgan fingerprint density at radius 2 is 1.55 bits per heavy atom. The van der Waals surface area contributed by atoms with E-state index in [2.05, 4.69) is 93.4 Å². The zero-order valence-corrected chi connectivity index (χ0v) is 18.6. The zero-order valence-electron chi connectivity index (χ0n) is 18.6. The molecule has 0 amide bonds. The first-order chi connectivity index (χ1) is 13.8. The van der Waals surface area contributed by atoms with Crippen LogP contribution in [0, 0.1) is 17.2 Å². The first-order valence-corrected chi connectivity index (χ1v) is 11.1. The lowest BCUT2D eigenvalue weighted by Gasteiger charge is -2.29. The van der Waals surface area contributed by atoms with E-state index in [9.17, 15) is 5.26 Å². The second-order valence-electron chi connectivity index (χ2n) is 9.83. The van der Waals surface area contributed by atoms with E-state index in [1.807, 2.05) is 0 Å². The maximum Gasteiger partial charge on any atom is 0.0850 e. The summed E-state index contributed by atoms with van der Waals surface area (Å²) in [5.74, 6) is 0.530. The molecule has 0 saturated heterocycles. The Morgan fingerprint density at radius 1 is 0.931 bits per heavy atom. The van der Waals surface area contributed by atoms with Gasteiger partial charge in [0.15, 0.2) is 0 Å². The zero-order chi connectivity index (χ0) is 20.9. The van der Waals surface area contributed by atoms with Crippen LogP contribution in [0.25, 0.3) is 0 Å². The van der Waals surface area contributed by atoms with Crippen molar-refractivity contribution < 1.29 is 0 Å². The van der Waals surface area contributed by atoms with E-state index in [0.717, 1.165) is 32.4 Å². The van der Waals surface area contributed by atoms with Gasteiger partial charge in [0.05, 0.1) is 11.5 Å². The van der Waals surface area contributed by atoms with Gasteiger partial charge in [0.1, 0.15) is 0 Å². The first kappa shape index (κ1) is 21.6. The minimum atomic E-state index is -0.309. The highest BCUT2D eigenvalue weighted by molar-refractivity contribution is 5.38. The van der Waals surface area contributed by atoms with Gasteiger partial charge in [0.2, 0.25) is 0 Å². The van der Waals surface area contributed by atoms with Gasteiger partial charge in [0, 0.05) is 6.54 Å². The minimum absolute atomic E-state index is 0.148. The summed E-state index contributed by atoms with van der Waals surface area (Å²) in [5, 5.41) is 10.2. The molecule has 0 heterocycles. The number of rotatable bonds is 9. The quantitative estimate of drug-likeness (QED) is 0.518. The van der Waals surface area contributed by atoms with Crippen molar-refractivity contribution in [2.24, 2.45) is 5.92 Å².